The molecule has 5 saturated carbocycles. The van der Waals surface area contributed by atoms with Crippen LogP contribution in [0.15, 0.2) is 0 Å². The molecule has 9 heteroatoms. The number of hydrogen-bond donors (Lipinski definition) is 2. The third kappa shape index (κ3) is 2.94. The molecule has 0 unspecified atom stereocenters. The average Bonchev–Trinajstić information content (AvgIpc) is 3.75. The number of esters is 2. The zero-order chi connectivity index (χ0) is 27.1. The van der Waals surface area contributed by atoms with Gasteiger partial charge in [0.25, 0.3) is 0 Å². The summed E-state index contributed by atoms with van der Waals surface area (Å²) in [5, 5.41) is 22.6. The molecule has 0 amide bonds. The lowest BCUT2D eigenvalue weighted by Crippen LogP contribution is -2.72. The second kappa shape index (κ2) is 7.80. The van der Waals surface area contributed by atoms with Crippen LogP contribution in [0.2, 0.25) is 0 Å². The van der Waals surface area contributed by atoms with E-state index in [1.54, 1.807) is 0 Å². The molecule has 5 aliphatic carbocycles. The van der Waals surface area contributed by atoms with Gasteiger partial charge in [0, 0.05) is 50.0 Å². The van der Waals surface area contributed by atoms with Gasteiger partial charge in [-0.05, 0) is 48.3 Å². The second-order valence-corrected chi connectivity index (χ2v) is 13.9. The number of carbonyl (C=O) groups is 3. The van der Waals surface area contributed by atoms with Gasteiger partial charge in [0.1, 0.15) is 35.8 Å². The Bertz CT molecular complexity index is 1090. The van der Waals surface area contributed by atoms with E-state index >= 15 is 0 Å². The number of ether oxygens (including phenoxy) is 4. The largest absolute Gasteiger partial charge is 0.462 e. The molecule has 7 fully saturated rings. The molecule has 2 heterocycles. The zero-order valence-corrected chi connectivity index (χ0v) is 22.8. The number of aliphatic hydroxyl groups excluding tert-OH is 1. The van der Waals surface area contributed by atoms with Crippen molar-refractivity contribution in [2.24, 2.45) is 52.3 Å². The summed E-state index contributed by atoms with van der Waals surface area (Å²) in [5.41, 5.74) is -2.57. The van der Waals surface area contributed by atoms with E-state index < -0.39 is 34.6 Å². The smallest absolute Gasteiger partial charge is 0.303 e. The summed E-state index contributed by atoms with van der Waals surface area (Å²) in [6.45, 7) is 8.97. The lowest BCUT2D eigenvalue weighted by molar-refractivity contribution is -0.249. The zero-order valence-electron chi connectivity index (χ0n) is 22.8. The van der Waals surface area contributed by atoms with E-state index in [1.807, 2.05) is 13.8 Å². The number of epoxide rings is 2. The predicted molar refractivity (Wildman–Crippen MR) is 130 cm³/mol. The Labute approximate surface area is 222 Å². The molecular formula is C29H40O9. The summed E-state index contributed by atoms with van der Waals surface area (Å²) in [6.07, 6.45) is 0.0691. The Morgan fingerprint density at radius 1 is 1.05 bits per heavy atom. The average molecular weight is 533 g/mol. The van der Waals surface area contributed by atoms with Crippen molar-refractivity contribution in [3.8, 4) is 0 Å². The summed E-state index contributed by atoms with van der Waals surface area (Å²) in [5.74, 6) is -0.835. The van der Waals surface area contributed by atoms with E-state index in [0.717, 1.165) is 6.42 Å². The van der Waals surface area contributed by atoms with E-state index in [4.69, 9.17) is 18.9 Å². The summed E-state index contributed by atoms with van der Waals surface area (Å²) in [6, 6.07) is 0. The maximum atomic E-state index is 13.1. The predicted octanol–water partition coefficient (Wildman–Crippen LogP) is 1.65. The first-order chi connectivity index (χ1) is 17.9. The Balaban J connectivity index is 1.36. The molecule has 0 bridgehead atoms. The van der Waals surface area contributed by atoms with Crippen LogP contribution < -0.4 is 0 Å². The molecule has 210 valence electrons. The van der Waals surface area contributed by atoms with Crippen LogP contribution in [0.3, 0.4) is 0 Å². The number of aliphatic hydroxyl groups is 2. The monoisotopic (exact) mass is 532 g/mol. The van der Waals surface area contributed by atoms with Gasteiger partial charge in [-0.2, -0.15) is 0 Å². The van der Waals surface area contributed by atoms with Gasteiger partial charge in [-0.1, -0.05) is 20.8 Å². The Morgan fingerprint density at radius 3 is 2.42 bits per heavy atom. The minimum Gasteiger partial charge on any atom is -0.462 e. The third-order valence-electron chi connectivity index (χ3n) is 12.6. The third-order valence-corrected chi connectivity index (χ3v) is 12.6. The van der Waals surface area contributed by atoms with Crippen LogP contribution in [0, 0.1) is 52.3 Å². The molecule has 9 nitrogen and oxygen atoms in total. The van der Waals surface area contributed by atoms with Crippen LogP contribution in [0.4, 0.5) is 0 Å². The van der Waals surface area contributed by atoms with Crippen molar-refractivity contribution in [3.63, 3.8) is 0 Å². The first kappa shape index (κ1) is 25.4. The molecule has 2 aliphatic heterocycles. The molecule has 38 heavy (non-hydrogen) atoms. The molecule has 0 spiro atoms. The summed E-state index contributed by atoms with van der Waals surface area (Å²) in [4.78, 5) is 37.9. The van der Waals surface area contributed by atoms with Gasteiger partial charge < -0.3 is 29.2 Å². The standard InChI is InChI=1S/C29H40O9/c1-11-18(33)6-14(10-30)15-7-16-21-17(8-20(35-12(2)31)27(16,4)22(11)15)28(5)25(36-13(3)32)23-19(37-23)9-29(28,34)26-24(21)38-26/h11,14-17,19-26,30,34H,6-10H2,1-5H3/t11-,14+,15+,16+,17+,19+,20+,21+,22+,23+,24+,25+,26+,27-,28+,29+/m1/s1. The van der Waals surface area contributed by atoms with Crippen molar-refractivity contribution < 1.29 is 43.5 Å². The van der Waals surface area contributed by atoms with Gasteiger partial charge in [0.15, 0.2) is 0 Å². The highest BCUT2D eigenvalue weighted by atomic mass is 16.6. The summed E-state index contributed by atoms with van der Waals surface area (Å²) < 4.78 is 24.4. The van der Waals surface area contributed by atoms with Crippen LogP contribution in [0.1, 0.15) is 60.3 Å². The lowest BCUT2D eigenvalue weighted by Gasteiger charge is -2.63. The van der Waals surface area contributed by atoms with Gasteiger partial charge in [-0.3, -0.25) is 14.4 Å². The van der Waals surface area contributed by atoms with Crippen molar-refractivity contribution in [2.45, 2.75) is 103 Å². The van der Waals surface area contributed by atoms with Crippen molar-refractivity contribution in [3.05, 3.63) is 0 Å². The molecule has 16 atom stereocenters. The van der Waals surface area contributed by atoms with E-state index in [1.165, 1.54) is 13.8 Å². The first-order valence-electron chi connectivity index (χ1n) is 14.4. The molecule has 0 aromatic heterocycles. The van der Waals surface area contributed by atoms with Crippen LogP contribution in [-0.4, -0.2) is 76.8 Å². The molecule has 2 N–H and O–H groups in total. The molecule has 0 aromatic rings. The molecule has 0 radical (unpaired) electrons. The van der Waals surface area contributed by atoms with Gasteiger partial charge in [-0.15, -0.1) is 0 Å². The minimum atomic E-state index is -1.23. The van der Waals surface area contributed by atoms with Crippen LogP contribution in [0.5, 0.6) is 0 Å². The quantitative estimate of drug-likeness (QED) is 0.411. The Hall–Kier alpha value is -1.55. The fourth-order valence-electron chi connectivity index (χ4n) is 11.0. The number of rotatable bonds is 3. The van der Waals surface area contributed by atoms with Gasteiger partial charge >= 0.3 is 11.9 Å². The molecule has 7 rings (SSSR count). The number of carbonyl (C=O) groups excluding carboxylic acids is 3. The lowest BCUT2D eigenvalue weighted by atomic mass is 9.41. The fourth-order valence-corrected chi connectivity index (χ4v) is 11.0. The maximum absolute atomic E-state index is 13.1. The molecule has 2 saturated heterocycles. The highest BCUT2D eigenvalue weighted by Crippen LogP contribution is 2.76. The molecule has 0 aromatic carbocycles. The minimum absolute atomic E-state index is 0.0196. The number of ketones is 1. The summed E-state index contributed by atoms with van der Waals surface area (Å²) >= 11 is 0. The van der Waals surface area contributed by atoms with E-state index in [9.17, 15) is 24.6 Å². The van der Waals surface area contributed by atoms with Crippen molar-refractivity contribution in [2.75, 3.05) is 6.61 Å². The van der Waals surface area contributed by atoms with Crippen molar-refractivity contribution in [1.82, 2.24) is 0 Å². The van der Waals surface area contributed by atoms with E-state index in [-0.39, 0.29) is 84.2 Å². The Morgan fingerprint density at radius 2 is 1.76 bits per heavy atom. The van der Waals surface area contributed by atoms with Crippen molar-refractivity contribution in [1.29, 1.82) is 0 Å². The first-order valence-corrected chi connectivity index (χ1v) is 14.4. The van der Waals surface area contributed by atoms with E-state index in [2.05, 4.69) is 6.92 Å². The topological polar surface area (TPSA) is 135 Å². The van der Waals surface area contributed by atoms with Crippen LogP contribution in [0.25, 0.3) is 0 Å². The van der Waals surface area contributed by atoms with Crippen LogP contribution >= 0.6 is 0 Å². The second-order valence-electron chi connectivity index (χ2n) is 13.9. The molecular weight excluding hydrogens is 492 g/mol. The maximum Gasteiger partial charge on any atom is 0.303 e. The highest BCUT2D eigenvalue weighted by Gasteiger charge is 2.84. The highest BCUT2D eigenvalue weighted by molar-refractivity contribution is 5.82. The summed E-state index contributed by atoms with van der Waals surface area (Å²) in [7, 11) is 0. The SMILES string of the molecule is CC(=O)O[C@H]1C[C@H]2[C@@H]([C@@H]3O[C@@H]3[C@@]3(O)C[C@@H]4O[C@@H]4[C@H](OC(C)=O)[C@]23C)[C@@H]2C[C@H]3[C@H](CO)CC(=O)[C@@H](C)[C@@H]3[C@@]12C. The van der Waals surface area contributed by atoms with E-state index in [0.29, 0.717) is 19.3 Å². The molecule has 7 aliphatic rings. The normalized spacial score (nSPS) is 59.2. The Kier molecular flexibility index (Phi) is 5.22. The number of hydrogen-bond acceptors (Lipinski definition) is 9. The van der Waals surface area contributed by atoms with Crippen LogP contribution in [-0.2, 0) is 33.3 Å². The number of Topliss-reactive ketones (excluding diaryl/α,β-unsaturated/α-hetero) is 1. The van der Waals surface area contributed by atoms with Crippen molar-refractivity contribution >= 4 is 17.7 Å². The van der Waals surface area contributed by atoms with Gasteiger partial charge in [0.05, 0.1) is 12.2 Å². The van der Waals surface area contributed by atoms with Gasteiger partial charge in [0.2, 0.25) is 0 Å². The van der Waals surface area contributed by atoms with Gasteiger partial charge in [-0.25, -0.2) is 0 Å². The fraction of sp³-hybridized carbons (Fsp3) is 0.897. The number of fused-ring (bicyclic) bond motifs is 11.